The number of nitrogens with two attached hydrogens (primary N) is 1. The maximum absolute atomic E-state index is 13.1. The molecular formula is C15H20F3N3O3S. The molecule has 2 N–H and O–H groups in total. The molecule has 0 unspecified atom stereocenters. The van der Waals surface area contributed by atoms with Gasteiger partial charge in [-0.15, -0.1) is 0 Å². The van der Waals surface area contributed by atoms with Crippen molar-refractivity contribution in [2.75, 3.05) is 10.8 Å². The van der Waals surface area contributed by atoms with Gasteiger partial charge in [0.05, 0.1) is 11.0 Å². The first-order valence-electron chi connectivity index (χ1n) is 7.93. The monoisotopic (exact) mass is 379 g/mol. The van der Waals surface area contributed by atoms with Crippen LogP contribution in [0, 0.1) is 0 Å². The normalized spacial score (nSPS) is 17.5. The van der Waals surface area contributed by atoms with E-state index in [9.17, 15) is 26.4 Å². The topological polar surface area (TPSA) is 93.4 Å². The Labute approximate surface area is 145 Å². The molecule has 1 heterocycles. The molecule has 1 aliphatic rings. The van der Waals surface area contributed by atoms with E-state index >= 15 is 0 Å². The van der Waals surface area contributed by atoms with Crippen LogP contribution >= 0.6 is 0 Å². The lowest BCUT2D eigenvalue weighted by Gasteiger charge is -2.37. The number of hydrogen-bond donors (Lipinski definition) is 2. The van der Waals surface area contributed by atoms with Gasteiger partial charge in [0.1, 0.15) is 5.82 Å². The average Bonchev–Trinajstić information content (AvgIpc) is 2.55. The van der Waals surface area contributed by atoms with Crippen molar-refractivity contribution in [2.45, 2.75) is 50.6 Å². The molecule has 25 heavy (non-hydrogen) atoms. The number of halogens is 3. The lowest BCUT2D eigenvalue weighted by Crippen LogP contribution is -2.44. The zero-order valence-corrected chi connectivity index (χ0v) is 14.6. The van der Waals surface area contributed by atoms with Crippen molar-refractivity contribution in [3.63, 3.8) is 0 Å². The summed E-state index contributed by atoms with van der Waals surface area (Å²) in [5, 5.41) is 0. The van der Waals surface area contributed by atoms with Crippen molar-refractivity contribution in [3.8, 4) is 0 Å². The summed E-state index contributed by atoms with van der Waals surface area (Å²) in [5.74, 6) is -0.918. The van der Waals surface area contributed by atoms with E-state index in [-0.39, 0.29) is 30.8 Å². The number of alkyl halides is 3. The minimum Gasteiger partial charge on any atom is -0.369 e. The van der Waals surface area contributed by atoms with Gasteiger partial charge in [0.2, 0.25) is 16.8 Å². The summed E-state index contributed by atoms with van der Waals surface area (Å²) in [7, 11) is -3.12. The van der Waals surface area contributed by atoms with Crippen molar-refractivity contribution < 1.29 is 26.4 Å². The van der Waals surface area contributed by atoms with Crippen LogP contribution < -0.4 is 10.0 Å². The summed E-state index contributed by atoms with van der Waals surface area (Å²) < 4.78 is 63.3. The molecule has 2 rings (SSSR count). The second kappa shape index (κ2) is 7.19. The number of aromatic nitrogens is 1. The third kappa shape index (κ3) is 3.73. The van der Waals surface area contributed by atoms with E-state index in [1.807, 2.05) is 0 Å². The molecule has 140 valence electrons. The molecule has 1 saturated carbocycles. The van der Waals surface area contributed by atoms with Gasteiger partial charge in [0, 0.05) is 18.3 Å². The van der Waals surface area contributed by atoms with E-state index < -0.39 is 34.0 Å². The number of amides is 1. The molecule has 0 bridgehead atoms. The molecule has 6 nitrogen and oxygen atoms in total. The number of thiol groups is 1. The fourth-order valence-electron chi connectivity index (χ4n) is 3.32. The number of pyridine rings is 1. The zero-order valence-electron chi connectivity index (χ0n) is 13.7. The average molecular weight is 379 g/mol. The summed E-state index contributed by atoms with van der Waals surface area (Å²) in [6.07, 6.45) is -1.47. The number of anilines is 1. The molecule has 1 fully saturated rings. The molecular weight excluding hydrogens is 359 g/mol. The minimum absolute atomic E-state index is 0.0150. The van der Waals surface area contributed by atoms with Gasteiger partial charge in [0.25, 0.3) is 0 Å². The number of rotatable bonds is 5. The van der Waals surface area contributed by atoms with Crippen LogP contribution in [0.5, 0.6) is 0 Å². The van der Waals surface area contributed by atoms with Gasteiger partial charge in [0.15, 0.2) is 0 Å². The summed E-state index contributed by atoms with van der Waals surface area (Å²) >= 11 is 0. The Kier molecular flexibility index (Phi) is 5.60. The molecule has 0 saturated heterocycles. The van der Waals surface area contributed by atoms with E-state index in [0.717, 1.165) is 16.8 Å². The van der Waals surface area contributed by atoms with Gasteiger partial charge in [-0.05, 0) is 25.8 Å². The number of primary amides is 1. The van der Waals surface area contributed by atoms with Gasteiger partial charge >= 0.3 is 6.18 Å². The smallest absolute Gasteiger partial charge is 0.369 e. The van der Waals surface area contributed by atoms with Crippen LogP contribution in [0.4, 0.5) is 19.0 Å². The van der Waals surface area contributed by atoms with E-state index in [0.29, 0.717) is 19.0 Å². The second-order valence-electron chi connectivity index (χ2n) is 6.05. The molecule has 10 heteroatoms. The van der Waals surface area contributed by atoms with Crippen molar-refractivity contribution in [1.82, 2.24) is 4.98 Å². The highest BCUT2D eigenvalue weighted by Gasteiger charge is 2.44. The van der Waals surface area contributed by atoms with Crippen LogP contribution in [0.1, 0.15) is 50.2 Å². The fourth-order valence-corrected chi connectivity index (χ4v) is 3.86. The highest BCUT2D eigenvalue weighted by Crippen LogP contribution is 2.44. The Morgan fingerprint density at radius 2 is 1.92 bits per heavy atom. The minimum atomic E-state index is -4.66. The van der Waals surface area contributed by atoms with Crippen molar-refractivity contribution in [2.24, 2.45) is 5.73 Å². The van der Waals surface area contributed by atoms with Crippen molar-refractivity contribution in [1.29, 1.82) is 0 Å². The van der Waals surface area contributed by atoms with E-state index in [4.69, 9.17) is 5.73 Å². The summed E-state index contributed by atoms with van der Waals surface area (Å²) in [5.41, 5.74) is 3.12. The first-order valence-corrected chi connectivity index (χ1v) is 9.06. The third-order valence-electron chi connectivity index (χ3n) is 4.63. The largest absolute Gasteiger partial charge is 0.417 e. The summed E-state index contributed by atoms with van der Waals surface area (Å²) in [6, 6.07) is 0.819. The molecule has 0 aliphatic heterocycles. The molecule has 0 spiro atoms. The second-order valence-corrected chi connectivity index (χ2v) is 7.01. The third-order valence-corrected chi connectivity index (χ3v) is 5.50. The predicted molar refractivity (Wildman–Crippen MR) is 86.5 cm³/mol. The molecule has 1 aromatic heterocycles. The van der Waals surface area contributed by atoms with Crippen LogP contribution in [-0.2, 0) is 27.3 Å². The summed E-state index contributed by atoms with van der Waals surface area (Å²) in [6.45, 7) is 1.52. The van der Waals surface area contributed by atoms with Crippen molar-refractivity contribution >= 4 is 22.6 Å². The molecule has 0 atom stereocenters. The molecule has 0 aromatic carbocycles. The number of hydrogen-bond acceptors (Lipinski definition) is 4. The van der Waals surface area contributed by atoms with Crippen LogP contribution in [0.3, 0.4) is 0 Å². The maximum Gasteiger partial charge on any atom is 0.417 e. The maximum atomic E-state index is 13.1. The molecule has 1 aliphatic carbocycles. The van der Waals surface area contributed by atoms with Crippen LogP contribution in [-0.4, -0.2) is 25.9 Å². The SMILES string of the molecule is CCN(c1ncc(C(F)(F)F)cc1C1(C(N)=O)CCCCC1)[SH](=O)=O. The first-order chi connectivity index (χ1) is 11.6. The lowest BCUT2D eigenvalue weighted by molar-refractivity contribution is -0.138. The Morgan fingerprint density at radius 1 is 1.32 bits per heavy atom. The van der Waals surface area contributed by atoms with Gasteiger partial charge < -0.3 is 5.73 Å². The van der Waals surface area contributed by atoms with Crippen LogP contribution in [0.2, 0.25) is 0 Å². The van der Waals surface area contributed by atoms with Gasteiger partial charge in [-0.3, -0.25) is 9.10 Å². The zero-order chi connectivity index (χ0) is 18.8. The van der Waals surface area contributed by atoms with Gasteiger partial charge in [-0.25, -0.2) is 13.4 Å². The Bertz CT molecular complexity index is 720. The number of nitrogens with zero attached hydrogens (tertiary/aromatic N) is 2. The number of carbonyl (C=O) groups is 1. The molecule has 1 aromatic rings. The lowest BCUT2D eigenvalue weighted by atomic mass is 9.68. The van der Waals surface area contributed by atoms with Crippen molar-refractivity contribution in [3.05, 3.63) is 23.4 Å². The standard InChI is InChI=1S/C15H20F3N3O3S/c1-2-21(25(23)24)12-11(8-10(9-20-12)15(16,17)18)14(13(19)22)6-4-3-5-7-14/h8-9,25H,2-7H2,1H3,(H2,19,22). The Hall–Kier alpha value is -1.84. The molecule has 1 amide bonds. The molecule has 0 radical (unpaired) electrons. The number of carbonyl (C=O) groups excluding carboxylic acids is 1. The fraction of sp³-hybridized carbons (Fsp3) is 0.600. The Morgan fingerprint density at radius 3 is 2.36 bits per heavy atom. The quantitative estimate of drug-likeness (QED) is 0.767. The Balaban J connectivity index is 2.75. The van der Waals surface area contributed by atoms with Crippen LogP contribution in [0.25, 0.3) is 0 Å². The van der Waals surface area contributed by atoms with Gasteiger partial charge in [-0.2, -0.15) is 13.2 Å². The van der Waals surface area contributed by atoms with E-state index in [1.165, 1.54) is 6.92 Å². The predicted octanol–water partition coefficient (Wildman–Crippen LogP) is 2.14. The summed E-state index contributed by atoms with van der Waals surface area (Å²) in [4.78, 5) is 16.0. The highest BCUT2D eigenvalue weighted by molar-refractivity contribution is 7.74. The highest BCUT2D eigenvalue weighted by atomic mass is 32.2. The first kappa shape index (κ1) is 19.5. The van der Waals surface area contributed by atoms with E-state index in [1.54, 1.807) is 0 Å². The van der Waals surface area contributed by atoms with Crippen LogP contribution in [0.15, 0.2) is 12.3 Å². The van der Waals surface area contributed by atoms with E-state index in [2.05, 4.69) is 4.98 Å². The van der Waals surface area contributed by atoms with Gasteiger partial charge in [-0.1, -0.05) is 19.3 Å².